The first kappa shape index (κ1) is 21.4. The number of hydrogen-bond acceptors (Lipinski definition) is 4. The van der Waals surface area contributed by atoms with Crippen molar-refractivity contribution < 1.29 is 8.42 Å². The number of nitrogens with zero attached hydrogens (tertiary/aromatic N) is 3. The van der Waals surface area contributed by atoms with Crippen molar-refractivity contribution in [2.75, 3.05) is 20.6 Å². The maximum atomic E-state index is 12.9. The minimum Gasteiger partial charge on any atom is -0.330 e. The third kappa shape index (κ3) is 4.33. The molecule has 0 atom stereocenters. The summed E-state index contributed by atoms with van der Waals surface area (Å²) in [5.41, 5.74) is 0.698. The summed E-state index contributed by atoms with van der Waals surface area (Å²) >= 11 is 0. The quantitative estimate of drug-likeness (QED) is 0.657. The molecule has 5 nitrogen and oxygen atoms in total. The number of pyridine rings is 1. The molecule has 0 aliphatic rings. The monoisotopic (exact) mass is 401 g/mol. The highest BCUT2D eigenvalue weighted by Crippen LogP contribution is 2.29. The first-order valence-electron chi connectivity index (χ1n) is 7.39. The Hall–Kier alpha value is -1.60. The first-order chi connectivity index (χ1) is 11.0. The Morgan fingerprint density at radius 3 is 2.36 bits per heavy atom. The molecule has 1 aromatic carbocycles. The lowest BCUT2D eigenvalue weighted by molar-refractivity contribution is 0.386. The zero-order chi connectivity index (χ0) is 16.4. The van der Waals surface area contributed by atoms with E-state index < -0.39 is 9.84 Å². The lowest BCUT2D eigenvalue weighted by Gasteiger charge is -2.10. The van der Waals surface area contributed by atoms with Crippen LogP contribution in [0, 0.1) is 0 Å². The Bertz CT molecular complexity index is 925. The fourth-order valence-corrected chi connectivity index (χ4v) is 3.99. The van der Waals surface area contributed by atoms with E-state index in [1.165, 1.54) is 0 Å². The largest absolute Gasteiger partial charge is 0.330 e. The minimum absolute atomic E-state index is 0. The molecule has 0 radical (unpaired) electrons. The van der Waals surface area contributed by atoms with Crippen LogP contribution in [0.25, 0.3) is 11.0 Å². The van der Waals surface area contributed by atoms with E-state index in [9.17, 15) is 8.42 Å². The van der Waals surface area contributed by atoms with Gasteiger partial charge in [-0.3, -0.25) is 0 Å². The van der Waals surface area contributed by atoms with Crippen LogP contribution in [-0.2, 0) is 16.4 Å². The molecule has 0 unspecified atom stereocenters. The van der Waals surface area contributed by atoms with E-state index in [0.29, 0.717) is 27.4 Å². The van der Waals surface area contributed by atoms with E-state index >= 15 is 0 Å². The predicted octanol–water partition coefficient (Wildman–Crippen LogP) is 3.27. The highest BCUT2D eigenvalue weighted by atomic mass is 35.5. The molecule has 0 aliphatic heterocycles. The molecule has 2 aromatic heterocycles. The van der Waals surface area contributed by atoms with Crippen LogP contribution in [-0.4, -0.2) is 43.5 Å². The number of halogens is 2. The number of rotatable bonds is 5. The lowest BCUT2D eigenvalue weighted by atomic mass is 10.3. The van der Waals surface area contributed by atoms with Gasteiger partial charge < -0.3 is 9.47 Å². The Morgan fingerprint density at radius 2 is 1.72 bits per heavy atom. The first-order valence-corrected chi connectivity index (χ1v) is 8.87. The van der Waals surface area contributed by atoms with E-state index in [2.05, 4.69) is 9.88 Å². The average Bonchev–Trinajstić information content (AvgIpc) is 2.93. The maximum absolute atomic E-state index is 12.9. The molecule has 0 amide bonds. The Balaban J connectivity index is 0.00000156. The Morgan fingerprint density at radius 1 is 1.04 bits per heavy atom. The summed E-state index contributed by atoms with van der Waals surface area (Å²) in [4.78, 5) is 7.03. The van der Waals surface area contributed by atoms with Crippen molar-refractivity contribution >= 4 is 45.7 Å². The van der Waals surface area contributed by atoms with Crippen molar-refractivity contribution in [3.05, 3.63) is 54.9 Å². The summed E-state index contributed by atoms with van der Waals surface area (Å²) in [7, 11) is 0.416. The van der Waals surface area contributed by atoms with Gasteiger partial charge in [0, 0.05) is 30.9 Å². The van der Waals surface area contributed by atoms with Crippen LogP contribution in [0.4, 0.5) is 0 Å². The van der Waals surface area contributed by atoms with Crippen LogP contribution in [0.2, 0.25) is 0 Å². The number of aromatic nitrogens is 2. The van der Waals surface area contributed by atoms with Crippen molar-refractivity contribution in [2.45, 2.75) is 16.3 Å². The van der Waals surface area contributed by atoms with Crippen LogP contribution in [0.3, 0.4) is 0 Å². The molecule has 0 fully saturated rings. The summed E-state index contributed by atoms with van der Waals surface area (Å²) in [5.74, 6) is 0. The molecule has 0 N–H and O–H groups in total. The maximum Gasteiger partial charge on any atom is 0.208 e. The second-order valence-corrected chi connectivity index (χ2v) is 7.60. The van der Waals surface area contributed by atoms with Gasteiger partial charge in [0.15, 0.2) is 0 Å². The number of fused-ring (bicyclic) bond motifs is 1. The van der Waals surface area contributed by atoms with Gasteiger partial charge in [0.2, 0.25) is 9.84 Å². The number of benzene rings is 1. The van der Waals surface area contributed by atoms with Crippen molar-refractivity contribution in [1.82, 2.24) is 14.5 Å². The average molecular weight is 402 g/mol. The summed E-state index contributed by atoms with van der Waals surface area (Å²) in [6.45, 7) is 1.50. The zero-order valence-corrected chi connectivity index (χ0v) is 16.4. The molecule has 2 heterocycles. The molecule has 0 saturated carbocycles. The van der Waals surface area contributed by atoms with Gasteiger partial charge in [0.05, 0.1) is 9.79 Å². The number of hydrogen-bond donors (Lipinski definition) is 0. The van der Waals surface area contributed by atoms with E-state index in [4.69, 9.17) is 0 Å². The summed E-state index contributed by atoms with van der Waals surface area (Å²) in [6.07, 6.45) is 3.39. The topological polar surface area (TPSA) is 55.2 Å². The van der Waals surface area contributed by atoms with Gasteiger partial charge in [0.25, 0.3) is 0 Å². The Kier molecular flexibility index (Phi) is 7.44. The molecular formula is C17H21Cl2N3O2S. The smallest absolute Gasteiger partial charge is 0.208 e. The summed E-state index contributed by atoms with van der Waals surface area (Å²) < 4.78 is 27.8. The standard InChI is InChI=1S/C17H19N3O2S.2ClH/c1-19(2)11-12-20-13-16(15-9-6-10-18-17(15)20)23(21,22)14-7-4-3-5-8-14;;/h3-10,13H,11-12H2,1-2H3;2*1H. The van der Waals surface area contributed by atoms with E-state index in [0.717, 1.165) is 6.54 Å². The third-order valence-electron chi connectivity index (χ3n) is 3.73. The van der Waals surface area contributed by atoms with E-state index in [1.54, 1.807) is 48.8 Å². The van der Waals surface area contributed by atoms with E-state index in [-0.39, 0.29) is 24.8 Å². The predicted molar refractivity (Wildman–Crippen MR) is 105 cm³/mol. The molecule has 3 aromatic rings. The minimum atomic E-state index is -3.56. The molecule has 0 bridgehead atoms. The molecule has 25 heavy (non-hydrogen) atoms. The van der Waals surface area contributed by atoms with Crippen LogP contribution >= 0.6 is 24.8 Å². The van der Waals surface area contributed by atoms with Crippen molar-refractivity contribution in [3.63, 3.8) is 0 Å². The highest BCUT2D eigenvalue weighted by Gasteiger charge is 2.23. The molecule has 136 valence electrons. The van der Waals surface area contributed by atoms with Crippen LogP contribution < -0.4 is 0 Å². The van der Waals surface area contributed by atoms with Crippen LogP contribution in [0.15, 0.2) is 64.6 Å². The molecular weight excluding hydrogens is 381 g/mol. The SMILES string of the molecule is CN(C)CCn1cc(S(=O)(=O)c2ccccc2)c2cccnc21.Cl.Cl. The van der Waals surface area contributed by atoms with Crippen LogP contribution in [0.5, 0.6) is 0 Å². The Labute approximate surface area is 160 Å². The summed E-state index contributed by atoms with van der Waals surface area (Å²) in [6, 6.07) is 12.1. The van der Waals surface area contributed by atoms with Gasteiger partial charge in [0.1, 0.15) is 5.65 Å². The second kappa shape index (κ2) is 8.67. The van der Waals surface area contributed by atoms with Gasteiger partial charge in [-0.05, 0) is 38.4 Å². The number of likely N-dealkylation sites (N-methyl/N-ethyl adjacent to an activating group) is 1. The third-order valence-corrected chi connectivity index (χ3v) is 5.53. The molecule has 0 spiro atoms. The van der Waals surface area contributed by atoms with Crippen molar-refractivity contribution in [3.8, 4) is 0 Å². The van der Waals surface area contributed by atoms with E-state index in [1.807, 2.05) is 24.7 Å². The lowest BCUT2D eigenvalue weighted by Crippen LogP contribution is -2.18. The molecule has 3 rings (SSSR count). The van der Waals surface area contributed by atoms with Crippen molar-refractivity contribution in [1.29, 1.82) is 0 Å². The zero-order valence-electron chi connectivity index (χ0n) is 14.0. The van der Waals surface area contributed by atoms with Gasteiger partial charge >= 0.3 is 0 Å². The van der Waals surface area contributed by atoms with Gasteiger partial charge in [-0.2, -0.15) is 0 Å². The van der Waals surface area contributed by atoms with Crippen LogP contribution in [0.1, 0.15) is 0 Å². The fraction of sp³-hybridized carbons (Fsp3) is 0.235. The second-order valence-electron chi connectivity index (χ2n) is 5.68. The molecule has 0 aliphatic carbocycles. The summed E-state index contributed by atoms with van der Waals surface area (Å²) in [5, 5.41) is 0.662. The highest BCUT2D eigenvalue weighted by molar-refractivity contribution is 7.91. The van der Waals surface area contributed by atoms with Crippen molar-refractivity contribution in [2.24, 2.45) is 0 Å². The van der Waals surface area contributed by atoms with Gasteiger partial charge in [-0.1, -0.05) is 18.2 Å². The fourth-order valence-electron chi connectivity index (χ4n) is 2.51. The molecule has 8 heteroatoms. The normalized spacial score (nSPS) is 11.2. The molecule has 0 saturated heterocycles. The van der Waals surface area contributed by atoms with Gasteiger partial charge in [-0.15, -0.1) is 24.8 Å². The van der Waals surface area contributed by atoms with Gasteiger partial charge in [-0.25, -0.2) is 13.4 Å². The number of sulfone groups is 1.